The van der Waals surface area contributed by atoms with Gasteiger partial charge in [-0.25, -0.2) is 9.18 Å². The van der Waals surface area contributed by atoms with Crippen LogP contribution < -0.4 is 14.5 Å². The van der Waals surface area contributed by atoms with Crippen LogP contribution in [0.3, 0.4) is 0 Å². The second-order valence-electron chi connectivity index (χ2n) is 8.85. The molecule has 3 aliphatic rings. The van der Waals surface area contributed by atoms with Crippen LogP contribution in [-0.4, -0.2) is 54.8 Å². The van der Waals surface area contributed by atoms with E-state index in [1.165, 1.54) is 23.8 Å². The predicted octanol–water partition coefficient (Wildman–Crippen LogP) is 3.58. The lowest BCUT2D eigenvalue weighted by molar-refractivity contribution is -0.147. The average molecular weight is 439 g/mol. The van der Waals surface area contributed by atoms with E-state index in [2.05, 4.69) is 0 Å². The Hall–Kier alpha value is -3.13. The molecule has 0 spiro atoms. The molecule has 2 heterocycles. The fourth-order valence-electron chi connectivity index (χ4n) is 4.22. The van der Waals surface area contributed by atoms with Crippen molar-refractivity contribution in [3.8, 4) is 5.75 Å². The summed E-state index contributed by atoms with van der Waals surface area (Å²) in [6.07, 6.45) is 2.43. The molecule has 0 aromatic heterocycles. The van der Waals surface area contributed by atoms with Crippen molar-refractivity contribution in [1.82, 2.24) is 4.90 Å². The molecule has 0 atom stereocenters. The van der Waals surface area contributed by atoms with E-state index >= 15 is 0 Å². The highest BCUT2D eigenvalue weighted by Gasteiger charge is 2.34. The number of aliphatic carboxylic acids is 1. The number of carboxylic acids is 1. The number of anilines is 2. The zero-order valence-corrected chi connectivity index (χ0v) is 17.7. The smallest absolute Gasteiger partial charge is 0.329 e. The van der Waals surface area contributed by atoms with Crippen LogP contribution in [0.5, 0.6) is 5.75 Å². The summed E-state index contributed by atoms with van der Waals surface area (Å²) >= 11 is 0. The van der Waals surface area contributed by atoms with Gasteiger partial charge in [0.1, 0.15) is 11.6 Å². The number of carbonyl (C=O) groups excluding carboxylic acids is 1. The predicted molar refractivity (Wildman–Crippen MR) is 118 cm³/mol. The topological polar surface area (TPSA) is 73.3 Å². The number of halogens is 1. The van der Waals surface area contributed by atoms with Crippen molar-refractivity contribution in [3.63, 3.8) is 0 Å². The first-order valence-corrected chi connectivity index (χ1v) is 11.0. The monoisotopic (exact) mass is 439 g/mol. The third-order valence-corrected chi connectivity index (χ3v) is 6.34. The summed E-state index contributed by atoms with van der Waals surface area (Å²) in [7, 11) is 0. The fourth-order valence-corrected chi connectivity index (χ4v) is 4.22. The minimum atomic E-state index is -0.792. The zero-order valence-electron chi connectivity index (χ0n) is 17.7. The molecule has 168 valence electrons. The molecule has 0 unspecified atom stereocenters. The Morgan fingerprint density at radius 3 is 2.59 bits per heavy atom. The molecule has 0 bridgehead atoms. The first-order valence-electron chi connectivity index (χ1n) is 11.0. The van der Waals surface area contributed by atoms with Crippen molar-refractivity contribution in [1.29, 1.82) is 0 Å². The molecule has 2 aromatic carbocycles. The van der Waals surface area contributed by atoms with Crippen LogP contribution >= 0.6 is 0 Å². The molecular weight excluding hydrogens is 413 g/mol. The van der Waals surface area contributed by atoms with Gasteiger partial charge in [0.2, 0.25) is 0 Å². The van der Waals surface area contributed by atoms with Crippen LogP contribution in [0.15, 0.2) is 42.5 Å². The van der Waals surface area contributed by atoms with Crippen molar-refractivity contribution in [2.75, 3.05) is 42.6 Å². The van der Waals surface area contributed by atoms with Crippen LogP contribution in [0.4, 0.5) is 20.6 Å². The number of rotatable bonds is 8. The Balaban J connectivity index is 1.23. The molecule has 32 heavy (non-hydrogen) atoms. The van der Waals surface area contributed by atoms with Crippen LogP contribution in [0.1, 0.15) is 18.4 Å². The molecule has 0 radical (unpaired) electrons. The summed E-state index contributed by atoms with van der Waals surface area (Å²) in [6, 6.07) is 12.1. The van der Waals surface area contributed by atoms with Crippen molar-refractivity contribution < 1.29 is 23.8 Å². The lowest BCUT2D eigenvalue weighted by Gasteiger charge is -2.36. The third kappa shape index (κ3) is 4.27. The lowest BCUT2D eigenvalue weighted by atomic mass is 9.99. The van der Waals surface area contributed by atoms with Gasteiger partial charge in [-0.15, -0.1) is 0 Å². The summed E-state index contributed by atoms with van der Waals surface area (Å²) in [6.45, 7) is 3.01. The summed E-state index contributed by atoms with van der Waals surface area (Å²) < 4.78 is 20.7. The van der Waals surface area contributed by atoms with Gasteiger partial charge in [0.15, 0.2) is 0 Å². The molecule has 1 N–H and O–H groups in total. The van der Waals surface area contributed by atoms with Gasteiger partial charge in [0.25, 0.3) is 0 Å². The number of hydrogen-bond acceptors (Lipinski definition) is 4. The molecule has 2 saturated heterocycles. The molecule has 8 heteroatoms. The van der Waals surface area contributed by atoms with E-state index in [4.69, 9.17) is 9.84 Å². The molecule has 1 saturated carbocycles. The number of hydrogen-bond donors (Lipinski definition) is 1. The highest BCUT2D eigenvalue weighted by molar-refractivity contribution is 6.06. The molecule has 2 aliphatic heterocycles. The molecule has 2 aromatic rings. The van der Waals surface area contributed by atoms with Crippen LogP contribution in [0, 0.1) is 17.7 Å². The maximum atomic E-state index is 14.9. The SMILES string of the molecule is O=C(O)C1CN(Cc2ccc(N3CCN(c4cccc(OCC5CC5)c4)C3=O)c(F)c2)C1. The van der Waals surface area contributed by atoms with E-state index in [-0.39, 0.29) is 17.6 Å². The van der Waals surface area contributed by atoms with E-state index in [0.29, 0.717) is 45.2 Å². The van der Waals surface area contributed by atoms with Gasteiger partial charge in [-0.1, -0.05) is 12.1 Å². The largest absolute Gasteiger partial charge is 0.493 e. The Morgan fingerprint density at radius 1 is 1.09 bits per heavy atom. The maximum absolute atomic E-state index is 14.9. The quantitative estimate of drug-likeness (QED) is 0.681. The van der Waals surface area contributed by atoms with Gasteiger partial charge in [0, 0.05) is 44.5 Å². The number of likely N-dealkylation sites (tertiary alicyclic amines) is 1. The number of benzene rings is 2. The van der Waals surface area contributed by atoms with E-state index in [1.807, 2.05) is 29.2 Å². The van der Waals surface area contributed by atoms with E-state index in [0.717, 1.165) is 17.0 Å². The first kappa shape index (κ1) is 20.8. The minimum absolute atomic E-state index is 0.259. The summed E-state index contributed by atoms with van der Waals surface area (Å²) in [5.74, 6) is -0.195. The van der Waals surface area contributed by atoms with Crippen molar-refractivity contribution >= 4 is 23.4 Å². The van der Waals surface area contributed by atoms with Crippen LogP contribution in [-0.2, 0) is 11.3 Å². The van der Waals surface area contributed by atoms with Crippen LogP contribution in [0.25, 0.3) is 0 Å². The zero-order chi connectivity index (χ0) is 22.2. The second-order valence-corrected chi connectivity index (χ2v) is 8.85. The van der Waals surface area contributed by atoms with E-state index in [1.54, 1.807) is 17.0 Å². The number of ether oxygens (including phenoxy) is 1. The molecule has 5 rings (SSSR count). The summed E-state index contributed by atoms with van der Waals surface area (Å²) in [5.41, 5.74) is 1.77. The van der Waals surface area contributed by atoms with Crippen LogP contribution in [0.2, 0.25) is 0 Å². The molecule has 7 nitrogen and oxygen atoms in total. The van der Waals surface area contributed by atoms with Crippen molar-refractivity contribution in [2.24, 2.45) is 11.8 Å². The fraction of sp³-hybridized carbons (Fsp3) is 0.417. The minimum Gasteiger partial charge on any atom is -0.493 e. The Morgan fingerprint density at radius 2 is 1.88 bits per heavy atom. The molecule has 2 amide bonds. The van der Waals surface area contributed by atoms with Gasteiger partial charge in [-0.3, -0.25) is 19.5 Å². The van der Waals surface area contributed by atoms with Gasteiger partial charge in [0.05, 0.1) is 18.2 Å². The number of carboxylic acid groups (broad SMARTS) is 1. The highest BCUT2D eigenvalue weighted by Crippen LogP contribution is 2.32. The normalized spacial score (nSPS) is 19.3. The summed E-state index contributed by atoms with van der Waals surface area (Å²) in [4.78, 5) is 29.0. The number of nitrogens with zero attached hydrogens (tertiary/aromatic N) is 3. The molecule has 1 aliphatic carbocycles. The number of urea groups is 1. The highest BCUT2D eigenvalue weighted by atomic mass is 19.1. The Labute approximate surface area is 186 Å². The maximum Gasteiger partial charge on any atom is 0.329 e. The standard InChI is InChI=1S/C24H26FN3O4/c25-21-10-17(12-26-13-18(14-26)23(29)30)6-7-22(21)28-9-8-27(24(28)31)19-2-1-3-20(11-19)32-15-16-4-5-16/h1-3,6-7,10-11,16,18H,4-5,8-9,12-15H2,(H,29,30). The first-order chi connectivity index (χ1) is 15.5. The van der Waals surface area contributed by atoms with Crippen molar-refractivity contribution in [3.05, 3.63) is 53.8 Å². The molecule has 3 fully saturated rings. The van der Waals surface area contributed by atoms with Crippen molar-refractivity contribution in [2.45, 2.75) is 19.4 Å². The lowest BCUT2D eigenvalue weighted by Crippen LogP contribution is -2.49. The van der Waals surface area contributed by atoms with Gasteiger partial charge in [-0.05, 0) is 48.6 Å². The van der Waals surface area contributed by atoms with Gasteiger partial charge in [-0.2, -0.15) is 0 Å². The second kappa shape index (κ2) is 8.43. The van der Waals surface area contributed by atoms with E-state index in [9.17, 15) is 14.0 Å². The van der Waals surface area contributed by atoms with Gasteiger partial charge >= 0.3 is 12.0 Å². The Bertz CT molecular complexity index is 1040. The number of carbonyl (C=O) groups is 2. The third-order valence-electron chi connectivity index (χ3n) is 6.34. The number of amides is 2. The van der Waals surface area contributed by atoms with E-state index < -0.39 is 11.8 Å². The Kier molecular flexibility index (Phi) is 5.46. The summed E-state index contributed by atoms with van der Waals surface area (Å²) in [5, 5.41) is 8.98. The average Bonchev–Trinajstić information content (AvgIpc) is 3.50. The molecular formula is C24H26FN3O4. The van der Waals surface area contributed by atoms with Gasteiger partial charge < -0.3 is 9.84 Å².